The van der Waals surface area contributed by atoms with Crippen molar-refractivity contribution in [1.29, 1.82) is 0 Å². The zero-order valence-corrected chi connectivity index (χ0v) is 17.1. The van der Waals surface area contributed by atoms with Crippen LogP contribution in [-0.4, -0.2) is 20.7 Å². The molecule has 150 valence electrons. The highest BCUT2D eigenvalue weighted by molar-refractivity contribution is 6.34. The summed E-state index contributed by atoms with van der Waals surface area (Å²) in [5.41, 5.74) is 9.28. The molecule has 3 N–H and O–H groups in total. The topological polar surface area (TPSA) is 85.8 Å². The van der Waals surface area contributed by atoms with Gasteiger partial charge >= 0.3 is 0 Å². The number of benzene rings is 2. The molecule has 2 heterocycles. The van der Waals surface area contributed by atoms with E-state index in [4.69, 9.17) is 17.3 Å². The number of rotatable bonds is 5. The molecule has 0 saturated carbocycles. The Balaban J connectivity index is 1.68. The number of carbonyl (C=O) groups excluding carboxylic acids is 1. The number of carbonyl (C=O) groups is 1. The highest BCUT2D eigenvalue weighted by atomic mass is 35.5. The van der Waals surface area contributed by atoms with Crippen LogP contribution in [0.5, 0.6) is 0 Å². The number of nitrogens with zero attached hydrogens (tertiary/aromatic N) is 3. The molecule has 0 unspecified atom stereocenters. The van der Waals surface area contributed by atoms with Crippen molar-refractivity contribution in [1.82, 2.24) is 14.8 Å². The van der Waals surface area contributed by atoms with Gasteiger partial charge in [0, 0.05) is 11.6 Å². The van der Waals surface area contributed by atoms with Crippen molar-refractivity contribution in [2.24, 2.45) is 0 Å². The number of nitrogens with two attached hydrogens (primary N) is 1. The van der Waals surface area contributed by atoms with E-state index in [9.17, 15) is 4.79 Å². The number of halogens is 1. The van der Waals surface area contributed by atoms with Crippen LogP contribution < -0.4 is 11.1 Å². The molecule has 0 aliphatic heterocycles. The number of nitrogen functional groups attached to an aromatic ring is 1. The van der Waals surface area contributed by atoms with Crippen LogP contribution in [0.1, 0.15) is 23.0 Å². The van der Waals surface area contributed by atoms with Crippen LogP contribution >= 0.6 is 11.6 Å². The quantitative estimate of drug-likeness (QED) is 0.479. The van der Waals surface area contributed by atoms with Crippen LogP contribution in [0.4, 0.5) is 11.6 Å². The van der Waals surface area contributed by atoms with Crippen molar-refractivity contribution in [3.63, 3.8) is 0 Å². The molecule has 2 aromatic carbocycles. The Labute approximate surface area is 179 Å². The number of para-hydroxylation sites is 1. The van der Waals surface area contributed by atoms with E-state index in [-0.39, 0.29) is 5.91 Å². The van der Waals surface area contributed by atoms with Crippen molar-refractivity contribution in [3.05, 3.63) is 89.1 Å². The molecular weight excluding hydrogens is 398 g/mol. The second-order valence-electron chi connectivity index (χ2n) is 6.72. The van der Waals surface area contributed by atoms with Crippen molar-refractivity contribution >= 4 is 29.1 Å². The van der Waals surface area contributed by atoms with Crippen LogP contribution in [0.25, 0.3) is 16.9 Å². The van der Waals surface area contributed by atoms with Crippen molar-refractivity contribution < 1.29 is 4.79 Å². The summed E-state index contributed by atoms with van der Waals surface area (Å²) < 4.78 is 1.72. The van der Waals surface area contributed by atoms with E-state index in [0.29, 0.717) is 27.9 Å². The van der Waals surface area contributed by atoms with E-state index < -0.39 is 0 Å². The average molecular weight is 418 g/mol. The van der Waals surface area contributed by atoms with Gasteiger partial charge in [0.15, 0.2) is 0 Å². The minimum absolute atomic E-state index is 0.328. The molecule has 30 heavy (non-hydrogen) atoms. The largest absolute Gasteiger partial charge is 0.384 e. The third-order valence-corrected chi connectivity index (χ3v) is 4.97. The fourth-order valence-electron chi connectivity index (χ4n) is 3.11. The lowest BCUT2D eigenvalue weighted by Gasteiger charge is -2.11. The first kappa shape index (κ1) is 19.7. The molecule has 0 aliphatic rings. The van der Waals surface area contributed by atoms with Gasteiger partial charge in [-0.3, -0.25) is 4.79 Å². The van der Waals surface area contributed by atoms with E-state index >= 15 is 0 Å². The van der Waals surface area contributed by atoms with Gasteiger partial charge < -0.3 is 11.1 Å². The molecule has 4 rings (SSSR count). The maximum atomic E-state index is 13.1. The van der Waals surface area contributed by atoms with Crippen LogP contribution in [0.15, 0.2) is 72.8 Å². The lowest BCUT2D eigenvalue weighted by atomic mass is 10.1. The van der Waals surface area contributed by atoms with E-state index in [0.717, 1.165) is 23.4 Å². The maximum Gasteiger partial charge on any atom is 0.258 e. The predicted octanol–water partition coefficient (Wildman–Crippen LogP) is 4.98. The third kappa shape index (κ3) is 4.04. The highest BCUT2D eigenvalue weighted by Gasteiger charge is 2.16. The van der Waals surface area contributed by atoms with Gasteiger partial charge in [-0.05, 0) is 42.8 Å². The first-order valence-electron chi connectivity index (χ1n) is 9.53. The van der Waals surface area contributed by atoms with Gasteiger partial charge in [-0.25, -0.2) is 9.67 Å². The molecule has 0 atom stereocenters. The molecule has 0 radical (unpaired) electrons. The van der Waals surface area contributed by atoms with E-state index in [1.807, 2.05) is 61.5 Å². The second-order valence-corrected chi connectivity index (χ2v) is 7.13. The summed E-state index contributed by atoms with van der Waals surface area (Å²) >= 11 is 6.34. The molecular formula is C23H20ClN5O. The van der Waals surface area contributed by atoms with Gasteiger partial charge in [0.2, 0.25) is 0 Å². The number of aryl methyl sites for hydroxylation is 1. The molecule has 0 saturated heterocycles. The molecule has 6 nitrogen and oxygen atoms in total. The molecule has 0 spiro atoms. The summed E-state index contributed by atoms with van der Waals surface area (Å²) in [7, 11) is 0. The van der Waals surface area contributed by atoms with Gasteiger partial charge in [-0.1, -0.05) is 48.9 Å². The van der Waals surface area contributed by atoms with E-state index in [1.165, 1.54) is 0 Å². The molecule has 0 fully saturated rings. The smallest absolute Gasteiger partial charge is 0.258 e. The Morgan fingerprint density at radius 3 is 2.60 bits per heavy atom. The fraction of sp³-hybridized carbons (Fsp3) is 0.0870. The Kier molecular flexibility index (Phi) is 5.50. The van der Waals surface area contributed by atoms with Crippen molar-refractivity contribution in [2.45, 2.75) is 13.3 Å². The standard InChI is InChI=1S/C23H20ClN5O/c1-2-16-14-22(29(28-16)17-7-4-3-5-8-17)27-23(30)18-13-15(11-12-19(18)24)20-9-6-10-21(25)26-20/h3-14H,2H2,1H3,(H2,25,26)(H,27,30). The van der Waals surface area contributed by atoms with Crippen LogP contribution in [0.3, 0.4) is 0 Å². The Morgan fingerprint density at radius 1 is 1.07 bits per heavy atom. The van der Waals surface area contributed by atoms with Crippen LogP contribution in [0.2, 0.25) is 5.02 Å². The minimum atomic E-state index is -0.328. The number of hydrogen-bond donors (Lipinski definition) is 2. The lowest BCUT2D eigenvalue weighted by molar-refractivity contribution is 0.102. The molecule has 0 bridgehead atoms. The number of hydrogen-bond acceptors (Lipinski definition) is 4. The van der Waals surface area contributed by atoms with Gasteiger partial charge in [-0.2, -0.15) is 5.10 Å². The highest BCUT2D eigenvalue weighted by Crippen LogP contribution is 2.26. The monoisotopic (exact) mass is 417 g/mol. The molecule has 1 amide bonds. The lowest BCUT2D eigenvalue weighted by Crippen LogP contribution is -2.15. The molecule has 7 heteroatoms. The zero-order chi connectivity index (χ0) is 21.1. The Bertz CT molecular complexity index is 1200. The third-order valence-electron chi connectivity index (χ3n) is 4.64. The van der Waals surface area contributed by atoms with Crippen molar-refractivity contribution in [2.75, 3.05) is 11.1 Å². The minimum Gasteiger partial charge on any atom is -0.384 e. The first-order valence-corrected chi connectivity index (χ1v) is 9.91. The Hall–Kier alpha value is -3.64. The summed E-state index contributed by atoms with van der Waals surface area (Å²) in [6.45, 7) is 2.02. The summed E-state index contributed by atoms with van der Waals surface area (Å²) in [6, 6.07) is 22.1. The SMILES string of the molecule is CCc1cc(NC(=O)c2cc(-c3cccc(N)n3)ccc2Cl)n(-c2ccccc2)n1. The Morgan fingerprint density at radius 2 is 1.87 bits per heavy atom. The summed E-state index contributed by atoms with van der Waals surface area (Å²) in [6.07, 6.45) is 0.750. The molecule has 4 aromatic rings. The van der Waals surface area contributed by atoms with Gasteiger partial charge in [0.25, 0.3) is 5.91 Å². The summed E-state index contributed by atoms with van der Waals surface area (Å²) in [4.78, 5) is 17.4. The van der Waals surface area contributed by atoms with Gasteiger partial charge in [-0.15, -0.1) is 0 Å². The summed E-state index contributed by atoms with van der Waals surface area (Å²) in [5, 5.41) is 7.88. The number of anilines is 2. The molecule has 2 aromatic heterocycles. The summed E-state index contributed by atoms with van der Waals surface area (Å²) in [5.74, 6) is 0.657. The fourth-order valence-corrected chi connectivity index (χ4v) is 3.32. The maximum absolute atomic E-state index is 13.1. The van der Waals surface area contributed by atoms with Crippen LogP contribution in [0, 0.1) is 0 Å². The first-order chi connectivity index (χ1) is 14.5. The number of aromatic nitrogens is 3. The van der Waals surface area contributed by atoms with E-state index in [2.05, 4.69) is 15.4 Å². The second kappa shape index (κ2) is 8.39. The average Bonchev–Trinajstić information content (AvgIpc) is 3.17. The predicted molar refractivity (Wildman–Crippen MR) is 120 cm³/mol. The number of nitrogens with one attached hydrogen (secondary N) is 1. The van der Waals surface area contributed by atoms with Gasteiger partial charge in [0.05, 0.1) is 27.7 Å². The number of amides is 1. The normalized spacial score (nSPS) is 10.7. The van der Waals surface area contributed by atoms with Crippen molar-refractivity contribution in [3.8, 4) is 16.9 Å². The van der Waals surface area contributed by atoms with E-state index in [1.54, 1.807) is 22.9 Å². The molecule has 0 aliphatic carbocycles. The van der Waals surface area contributed by atoms with Gasteiger partial charge in [0.1, 0.15) is 11.6 Å². The zero-order valence-electron chi connectivity index (χ0n) is 16.3. The number of pyridine rings is 1. The van der Waals surface area contributed by atoms with Crippen LogP contribution in [-0.2, 0) is 6.42 Å².